The van der Waals surface area contributed by atoms with Crippen LogP contribution in [-0.2, 0) is 9.78 Å². The Morgan fingerprint density at radius 1 is 1.40 bits per heavy atom. The Morgan fingerprint density at radius 2 is 2.10 bits per heavy atom. The van der Waals surface area contributed by atoms with Crippen LogP contribution in [0.4, 0.5) is 0 Å². The molecule has 0 bridgehead atoms. The average Bonchev–Trinajstić information content (AvgIpc) is 2.64. The van der Waals surface area contributed by atoms with Crippen LogP contribution < -0.4 is 0 Å². The fourth-order valence-corrected chi connectivity index (χ4v) is 3.06. The molecule has 0 radical (unpaired) electrons. The Morgan fingerprint density at radius 3 is 2.50 bits per heavy atom. The minimum atomic E-state index is -0.157. The summed E-state index contributed by atoms with van der Waals surface area (Å²) in [5, 5.41) is 1.99. The van der Waals surface area contributed by atoms with E-state index in [-0.39, 0.29) is 6.29 Å². The predicted octanol–water partition coefficient (Wildman–Crippen LogP) is 3.23. The first-order chi connectivity index (χ1) is 4.79. The van der Waals surface area contributed by atoms with Gasteiger partial charge in [0.15, 0.2) is 0 Å². The van der Waals surface area contributed by atoms with E-state index in [2.05, 4.69) is 41.6 Å². The molecule has 1 aromatic rings. The van der Waals surface area contributed by atoms with Crippen LogP contribution in [0.5, 0.6) is 0 Å². The molecule has 1 saturated heterocycles. The molecule has 1 aromatic heterocycles. The molecule has 5 heteroatoms. The summed E-state index contributed by atoms with van der Waals surface area (Å²) < 4.78 is 2.09. The van der Waals surface area contributed by atoms with E-state index in [1.54, 1.807) is 11.3 Å². The summed E-state index contributed by atoms with van der Waals surface area (Å²) in [7, 11) is 0. The second-order valence-corrected chi connectivity index (χ2v) is 4.85. The van der Waals surface area contributed by atoms with Gasteiger partial charge < -0.3 is 0 Å². The molecule has 2 rings (SSSR count). The van der Waals surface area contributed by atoms with Crippen molar-refractivity contribution in [3.8, 4) is 0 Å². The van der Waals surface area contributed by atoms with Crippen molar-refractivity contribution >= 4 is 43.2 Å². The van der Waals surface area contributed by atoms with E-state index in [9.17, 15) is 0 Å². The molecule has 0 atom stereocenters. The highest BCUT2D eigenvalue weighted by Crippen LogP contribution is 2.44. The van der Waals surface area contributed by atoms with Crippen LogP contribution in [0.3, 0.4) is 0 Å². The van der Waals surface area contributed by atoms with Crippen molar-refractivity contribution in [1.29, 1.82) is 0 Å². The highest BCUT2D eigenvalue weighted by Gasteiger charge is 2.33. The summed E-state index contributed by atoms with van der Waals surface area (Å²) in [6, 6.07) is 0. The van der Waals surface area contributed by atoms with E-state index in [0.29, 0.717) is 0 Å². The summed E-state index contributed by atoms with van der Waals surface area (Å²) in [5.74, 6) is 0. The average molecular weight is 286 g/mol. The van der Waals surface area contributed by atoms with Crippen LogP contribution in [0.25, 0.3) is 0 Å². The second kappa shape index (κ2) is 2.57. The molecule has 1 aliphatic heterocycles. The molecule has 2 nitrogen and oxygen atoms in total. The summed E-state index contributed by atoms with van der Waals surface area (Å²) in [6.07, 6.45) is -0.157. The largest absolute Gasteiger partial charge is 0.252 e. The molecular weight excluding hydrogens is 284 g/mol. The Hall–Kier alpha value is 0.580. The number of rotatable bonds is 1. The molecule has 1 fully saturated rings. The van der Waals surface area contributed by atoms with E-state index in [4.69, 9.17) is 0 Å². The van der Waals surface area contributed by atoms with E-state index in [1.165, 1.54) is 0 Å². The van der Waals surface area contributed by atoms with Crippen molar-refractivity contribution in [2.45, 2.75) is 6.29 Å². The molecule has 10 heavy (non-hydrogen) atoms. The molecule has 54 valence electrons. The van der Waals surface area contributed by atoms with Crippen molar-refractivity contribution in [2.75, 3.05) is 0 Å². The highest BCUT2D eigenvalue weighted by molar-refractivity contribution is 9.11. The van der Waals surface area contributed by atoms with Crippen LogP contribution in [0, 0.1) is 0 Å². The van der Waals surface area contributed by atoms with Gasteiger partial charge in [0.25, 0.3) is 6.29 Å². The first-order valence-corrected chi connectivity index (χ1v) is 5.00. The normalized spacial score (nSPS) is 17.8. The number of thiophene rings is 1. The Labute approximate surface area is 78.3 Å². The van der Waals surface area contributed by atoms with Crippen LogP contribution in [0.1, 0.15) is 11.9 Å². The van der Waals surface area contributed by atoms with Gasteiger partial charge in [0.1, 0.15) is 0 Å². The number of halogens is 2. The molecule has 2 heterocycles. The monoisotopic (exact) mass is 284 g/mol. The minimum Gasteiger partial charge on any atom is -0.193 e. The first-order valence-electron chi connectivity index (χ1n) is 2.53. The van der Waals surface area contributed by atoms with Crippen molar-refractivity contribution in [2.24, 2.45) is 0 Å². The van der Waals surface area contributed by atoms with Gasteiger partial charge in [-0.1, -0.05) is 0 Å². The highest BCUT2D eigenvalue weighted by atomic mass is 79.9. The van der Waals surface area contributed by atoms with Crippen LogP contribution in [0.15, 0.2) is 13.6 Å². The van der Waals surface area contributed by atoms with Gasteiger partial charge in [-0.25, -0.2) is 0 Å². The lowest BCUT2D eigenvalue weighted by atomic mass is 10.3. The van der Waals surface area contributed by atoms with Crippen molar-refractivity contribution in [3.05, 3.63) is 19.2 Å². The zero-order chi connectivity index (χ0) is 7.14. The Kier molecular flexibility index (Phi) is 1.86. The molecule has 0 aliphatic carbocycles. The smallest absolute Gasteiger partial charge is 0.193 e. The lowest BCUT2D eigenvalue weighted by Crippen LogP contribution is -1.75. The zero-order valence-electron chi connectivity index (χ0n) is 4.64. The topological polar surface area (TPSA) is 25.1 Å². The molecule has 0 aromatic carbocycles. The van der Waals surface area contributed by atoms with Gasteiger partial charge in [-0.2, -0.15) is 9.78 Å². The van der Waals surface area contributed by atoms with Gasteiger partial charge in [-0.15, -0.1) is 11.3 Å². The maximum atomic E-state index is 4.66. The summed E-state index contributed by atoms with van der Waals surface area (Å²) in [5.41, 5.74) is 1.05. The number of hydrogen-bond donors (Lipinski definition) is 0. The van der Waals surface area contributed by atoms with Gasteiger partial charge in [-0.3, -0.25) is 0 Å². The Bertz CT molecular complexity index is 237. The van der Waals surface area contributed by atoms with Crippen molar-refractivity contribution in [1.82, 2.24) is 0 Å². The van der Waals surface area contributed by atoms with Crippen molar-refractivity contribution in [3.63, 3.8) is 0 Å². The lowest BCUT2D eigenvalue weighted by Gasteiger charge is -1.86. The molecule has 0 saturated carbocycles. The third-order valence-corrected chi connectivity index (χ3v) is 3.89. The predicted molar refractivity (Wildman–Crippen MR) is 44.6 cm³/mol. The molecule has 1 aliphatic rings. The van der Waals surface area contributed by atoms with Crippen LogP contribution in [0.2, 0.25) is 0 Å². The maximum Gasteiger partial charge on any atom is 0.252 e. The first kappa shape index (κ1) is 7.24. The van der Waals surface area contributed by atoms with Gasteiger partial charge in [0.05, 0.1) is 9.35 Å². The van der Waals surface area contributed by atoms with Crippen LogP contribution in [-0.4, -0.2) is 0 Å². The van der Waals surface area contributed by atoms with Crippen LogP contribution >= 0.6 is 43.2 Å². The minimum absolute atomic E-state index is 0.157. The number of hydrogen-bond acceptors (Lipinski definition) is 3. The molecule has 0 amide bonds. The SMILES string of the molecule is Brc1csc(Br)c1C1OO1. The molecule has 0 spiro atoms. The summed E-state index contributed by atoms with van der Waals surface area (Å²) >= 11 is 8.37. The van der Waals surface area contributed by atoms with E-state index >= 15 is 0 Å². The molecule has 0 unspecified atom stereocenters. The van der Waals surface area contributed by atoms with Gasteiger partial charge in [0, 0.05) is 9.85 Å². The fourth-order valence-electron chi connectivity index (χ4n) is 0.654. The fraction of sp³-hybridized carbons (Fsp3) is 0.200. The van der Waals surface area contributed by atoms with Crippen molar-refractivity contribution < 1.29 is 9.78 Å². The molecule has 0 N–H and O–H groups in total. The quantitative estimate of drug-likeness (QED) is 0.585. The maximum absolute atomic E-state index is 4.66. The van der Waals surface area contributed by atoms with E-state index in [0.717, 1.165) is 13.8 Å². The third kappa shape index (κ3) is 1.16. The third-order valence-electron chi connectivity index (χ3n) is 1.16. The van der Waals surface area contributed by atoms with Gasteiger partial charge >= 0.3 is 0 Å². The van der Waals surface area contributed by atoms with E-state index in [1.807, 2.05) is 5.38 Å². The Balaban J connectivity index is 2.44. The van der Waals surface area contributed by atoms with Gasteiger partial charge in [0.2, 0.25) is 0 Å². The van der Waals surface area contributed by atoms with E-state index < -0.39 is 0 Å². The standard InChI is InChI=1S/C5H2Br2O2S/c6-2-1-10-4(7)3(2)5-8-9-5/h1,5H. The summed E-state index contributed by atoms with van der Waals surface area (Å²) in [6.45, 7) is 0. The molecular formula is C5H2Br2O2S. The lowest BCUT2D eigenvalue weighted by molar-refractivity contribution is 0.0850. The van der Waals surface area contributed by atoms with Gasteiger partial charge in [-0.05, 0) is 31.9 Å². The second-order valence-electron chi connectivity index (χ2n) is 1.80. The zero-order valence-corrected chi connectivity index (χ0v) is 8.62. The summed E-state index contributed by atoms with van der Waals surface area (Å²) in [4.78, 5) is 9.32.